The summed E-state index contributed by atoms with van der Waals surface area (Å²) in [5, 5.41) is 0. The molecule has 0 N–H and O–H groups in total. The van der Waals surface area contributed by atoms with Crippen LogP contribution in [0.15, 0.2) is 0 Å². The normalized spacial score (nSPS) is 12.7. The van der Waals surface area contributed by atoms with Crippen molar-refractivity contribution in [3.05, 3.63) is 29.1 Å². The fourth-order valence-electron chi connectivity index (χ4n) is 1.26. The van der Waals surface area contributed by atoms with Gasteiger partial charge in [0.1, 0.15) is 5.69 Å². The summed E-state index contributed by atoms with van der Waals surface area (Å²) in [6.45, 7) is -2.87. The summed E-state index contributed by atoms with van der Waals surface area (Å²) in [6.07, 6.45) is -6.53. The van der Waals surface area contributed by atoms with E-state index < -0.39 is 58.7 Å². The fraction of sp³-hybridized carbons (Fsp3) is 0.333. The Hall–Kier alpha value is -1.75. The van der Waals surface area contributed by atoms with Crippen molar-refractivity contribution in [2.75, 3.05) is 11.7 Å². The Balaban J connectivity index is 3.65. The minimum Gasteiger partial charge on any atom is -0.271 e. The number of hydrogen-bond acceptors (Lipinski definition) is 1. The van der Waals surface area contributed by atoms with Gasteiger partial charge in [-0.05, 0) is 0 Å². The van der Waals surface area contributed by atoms with Gasteiger partial charge in [-0.1, -0.05) is 0 Å². The highest BCUT2D eigenvalue weighted by Gasteiger charge is 2.63. The Kier molecular flexibility index (Phi) is 4.30. The summed E-state index contributed by atoms with van der Waals surface area (Å²) in [6, 6.07) is -6.21. The van der Waals surface area contributed by atoms with E-state index >= 15 is 0 Å². The molecule has 0 unspecified atom stereocenters. The van der Waals surface area contributed by atoms with E-state index in [-0.39, 0.29) is 0 Å². The summed E-state index contributed by atoms with van der Waals surface area (Å²) in [4.78, 5) is -1.91. The second-order valence-corrected chi connectivity index (χ2v) is 3.51. The van der Waals surface area contributed by atoms with Gasteiger partial charge >= 0.3 is 12.2 Å². The molecule has 12 heteroatoms. The molecule has 0 bridgehead atoms. The quantitative estimate of drug-likeness (QED) is 0.346. The van der Waals surface area contributed by atoms with Crippen LogP contribution in [0.4, 0.5) is 54.0 Å². The monoisotopic (exact) mass is 333 g/mol. The number of benzene rings is 1. The molecule has 1 aromatic carbocycles. The topological polar surface area (TPSA) is 3.24 Å². The van der Waals surface area contributed by atoms with Crippen LogP contribution in [0.1, 0.15) is 0 Å². The third-order valence-electron chi connectivity index (χ3n) is 2.26. The van der Waals surface area contributed by atoms with Crippen LogP contribution in [0.5, 0.6) is 0 Å². The highest BCUT2D eigenvalue weighted by molar-refractivity contribution is 5.51. The molecule has 21 heavy (non-hydrogen) atoms. The molecule has 0 aliphatic carbocycles. The fourth-order valence-corrected chi connectivity index (χ4v) is 1.26. The molecule has 0 radical (unpaired) electrons. The molecule has 0 saturated carbocycles. The van der Waals surface area contributed by atoms with Gasteiger partial charge in [-0.2, -0.15) is 22.0 Å². The zero-order chi connectivity index (χ0) is 16.7. The van der Waals surface area contributed by atoms with Crippen molar-refractivity contribution in [1.29, 1.82) is 0 Å². The smallest absolute Gasteiger partial charge is 0.271 e. The molecule has 0 amide bonds. The van der Waals surface area contributed by atoms with Crippen LogP contribution < -0.4 is 4.90 Å². The standard InChI is InChI=1S/C9H2F11N/c10-1-21(9(19,20)8(16,17)18)7-5(14)3(12)2(11)4(13)6(7)15/h1H2. The lowest BCUT2D eigenvalue weighted by Crippen LogP contribution is -2.53. The van der Waals surface area contributed by atoms with Gasteiger partial charge in [0.05, 0.1) is 0 Å². The summed E-state index contributed by atoms with van der Waals surface area (Å²) < 4.78 is 139. The van der Waals surface area contributed by atoms with Crippen molar-refractivity contribution in [1.82, 2.24) is 0 Å². The van der Waals surface area contributed by atoms with Gasteiger partial charge in [-0.3, -0.25) is 4.90 Å². The molecule has 0 atom stereocenters. The van der Waals surface area contributed by atoms with E-state index in [9.17, 15) is 48.3 Å². The molecule has 1 nitrogen and oxygen atoms in total. The molecule has 1 rings (SSSR count). The van der Waals surface area contributed by atoms with Crippen molar-refractivity contribution >= 4 is 5.69 Å². The Morgan fingerprint density at radius 3 is 1.29 bits per heavy atom. The predicted molar refractivity (Wildman–Crippen MR) is 45.7 cm³/mol. The number of alkyl halides is 6. The summed E-state index contributed by atoms with van der Waals surface area (Å²) >= 11 is 0. The van der Waals surface area contributed by atoms with E-state index in [1.54, 1.807) is 0 Å². The van der Waals surface area contributed by atoms with E-state index in [0.29, 0.717) is 0 Å². The van der Waals surface area contributed by atoms with Gasteiger partial charge in [-0.25, -0.2) is 26.3 Å². The SMILES string of the molecule is FCN(c1c(F)c(F)c(F)c(F)c1F)C(F)(F)C(F)(F)F. The number of halogens is 11. The van der Waals surface area contributed by atoms with Gasteiger partial charge in [0.15, 0.2) is 30.1 Å². The number of nitrogens with zero attached hydrogens (tertiary/aromatic N) is 1. The van der Waals surface area contributed by atoms with Crippen molar-refractivity contribution in [3.63, 3.8) is 0 Å². The minimum atomic E-state index is -6.53. The van der Waals surface area contributed by atoms with Gasteiger partial charge in [0.25, 0.3) is 0 Å². The van der Waals surface area contributed by atoms with Gasteiger partial charge in [0, 0.05) is 0 Å². The summed E-state index contributed by atoms with van der Waals surface area (Å²) in [5.41, 5.74) is -2.73. The van der Waals surface area contributed by atoms with Gasteiger partial charge < -0.3 is 0 Å². The molecule has 0 aromatic heterocycles. The second kappa shape index (κ2) is 5.22. The Morgan fingerprint density at radius 1 is 0.667 bits per heavy atom. The number of rotatable bonds is 3. The molecule has 1 aromatic rings. The summed E-state index contributed by atoms with van der Waals surface area (Å²) in [5.74, 6) is -14.4. The lowest BCUT2D eigenvalue weighted by Gasteiger charge is -2.32. The van der Waals surface area contributed by atoms with Crippen LogP contribution in [0.2, 0.25) is 0 Å². The average Bonchev–Trinajstić information content (AvgIpc) is 2.37. The van der Waals surface area contributed by atoms with E-state index in [1.807, 2.05) is 0 Å². The first-order chi connectivity index (χ1) is 9.37. The summed E-state index contributed by atoms with van der Waals surface area (Å²) in [7, 11) is 0. The molecule has 0 fully saturated rings. The van der Waals surface area contributed by atoms with E-state index in [4.69, 9.17) is 0 Å². The first-order valence-corrected chi connectivity index (χ1v) is 4.67. The molecule has 0 heterocycles. The van der Waals surface area contributed by atoms with Crippen LogP contribution in [0, 0.1) is 29.1 Å². The average molecular weight is 333 g/mol. The zero-order valence-corrected chi connectivity index (χ0v) is 9.31. The van der Waals surface area contributed by atoms with Crippen LogP contribution in [0.3, 0.4) is 0 Å². The first kappa shape index (κ1) is 17.3. The van der Waals surface area contributed by atoms with E-state index in [2.05, 4.69) is 0 Å². The molecular formula is C9H2F11N. The number of anilines is 1. The predicted octanol–water partition coefficient (Wildman–Crippen LogP) is 4.27. The maximum Gasteiger partial charge on any atom is 0.475 e. The van der Waals surface area contributed by atoms with Crippen LogP contribution in [-0.2, 0) is 0 Å². The maximum atomic E-state index is 13.1. The molecule has 0 spiro atoms. The first-order valence-electron chi connectivity index (χ1n) is 4.67. The van der Waals surface area contributed by atoms with Crippen LogP contribution >= 0.6 is 0 Å². The molecule has 0 aliphatic rings. The lowest BCUT2D eigenvalue weighted by atomic mass is 10.2. The van der Waals surface area contributed by atoms with Crippen LogP contribution in [-0.4, -0.2) is 19.0 Å². The van der Waals surface area contributed by atoms with Gasteiger partial charge in [-0.15, -0.1) is 0 Å². The van der Waals surface area contributed by atoms with Crippen molar-refractivity contribution in [3.8, 4) is 0 Å². The molecule has 120 valence electrons. The molecule has 0 saturated heterocycles. The Labute approximate surface area is 108 Å². The highest BCUT2D eigenvalue weighted by Crippen LogP contribution is 2.43. The van der Waals surface area contributed by atoms with E-state index in [1.165, 1.54) is 0 Å². The molecule has 0 aliphatic heterocycles. The minimum absolute atomic E-state index is 1.91. The third kappa shape index (κ3) is 2.58. The zero-order valence-electron chi connectivity index (χ0n) is 9.31. The number of hydrogen-bond donors (Lipinski definition) is 0. The van der Waals surface area contributed by atoms with Crippen molar-refractivity contribution in [2.45, 2.75) is 12.2 Å². The highest BCUT2D eigenvalue weighted by atomic mass is 19.4. The Bertz CT molecular complexity index is 521. The second-order valence-electron chi connectivity index (χ2n) is 3.51. The lowest BCUT2D eigenvalue weighted by molar-refractivity contribution is -0.283. The largest absolute Gasteiger partial charge is 0.475 e. The maximum absolute atomic E-state index is 13.1. The Morgan fingerprint density at radius 2 is 1.00 bits per heavy atom. The van der Waals surface area contributed by atoms with Gasteiger partial charge in [0.2, 0.25) is 5.82 Å². The van der Waals surface area contributed by atoms with Crippen molar-refractivity contribution < 1.29 is 48.3 Å². The van der Waals surface area contributed by atoms with Crippen LogP contribution in [0.25, 0.3) is 0 Å². The third-order valence-corrected chi connectivity index (χ3v) is 2.26. The molecular weight excluding hydrogens is 331 g/mol. The van der Waals surface area contributed by atoms with Crippen molar-refractivity contribution in [2.24, 2.45) is 0 Å². The van der Waals surface area contributed by atoms with E-state index in [0.717, 1.165) is 0 Å².